The number of carbonyl (C=O) groups is 1. The van der Waals surface area contributed by atoms with Crippen molar-refractivity contribution in [3.8, 4) is 0 Å². The molecule has 1 aliphatic heterocycles. The van der Waals surface area contributed by atoms with E-state index in [2.05, 4.69) is 5.32 Å². The van der Waals surface area contributed by atoms with Gasteiger partial charge in [0.05, 0.1) is 13.2 Å². The molecule has 6 heteroatoms. The summed E-state index contributed by atoms with van der Waals surface area (Å²) in [4.78, 5) is 10.6. The Hall–Kier alpha value is -1.30. The summed E-state index contributed by atoms with van der Waals surface area (Å²) in [6.07, 6.45) is 2.59. The van der Waals surface area contributed by atoms with Crippen LogP contribution in [-0.2, 0) is 9.47 Å². The number of amides is 1. The van der Waals surface area contributed by atoms with Crippen LogP contribution < -0.4 is 5.32 Å². The molecule has 0 aromatic heterocycles. The fraction of sp³-hybridized carbons (Fsp3) is 0.533. The summed E-state index contributed by atoms with van der Waals surface area (Å²) < 4.78 is 11.5. The number of nitrogens with one attached hydrogen (secondary N) is 1. The third kappa shape index (κ3) is 3.15. The van der Waals surface area contributed by atoms with E-state index in [1.54, 1.807) is 12.1 Å². The van der Waals surface area contributed by atoms with Crippen LogP contribution in [0.4, 0.5) is 10.5 Å². The molecule has 21 heavy (non-hydrogen) atoms. The Morgan fingerprint density at radius 2 is 1.95 bits per heavy atom. The van der Waals surface area contributed by atoms with Gasteiger partial charge >= 0.3 is 6.09 Å². The molecule has 1 saturated carbocycles. The van der Waals surface area contributed by atoms with Gasteiger partial charge in [-0.25, -0.2) is 4.79 Å². The maximum atomic E-state index is 10.6. The predicted molar refractivity (Wildman–Crippen MR) is 78.9 cm³/mol. The van der Waals surface area contributed by atoms with Gasteiger partial charge in [-0.05, 0) is 36.5 Å². The molecule has 114 valence electrons. The van der Waals surface area contributed by atoms with Gasteiger partial charge in [-0.2, -0.15) is 0 Å². The minimum Gasteiger partial charge on any atom is -0.465 e. The molecule has 3 rings (SSSR count). The molecule has 0 radical (unpaired) electrons. The van der Waals surface area contributed by atoms with E-state index in [-0.39, 0.29) is 5.79 Å². The van der Waals surface area contributed by atoms with Crippen LogP contribution in [-0.4, -0.2) is 30.2 Å². The number of ether oxygens (including phenoxy) is 2. The lowest BCUT2D eigenvalue weighted by Gasteiger charge is -2.35. The Kier molecular flexibility index (Phi) is 4.06. The van der Waals surface area contributed by atoms with Crippen LogP contribution in [0.5, 0.6) is 0 Å². The van der Waals surface area contributed by atoms with E-state index in [9.17, 15) is 4.79 Å². The van der Waals surface area contributed by atoms with Gasteiger partial charge in [-0.1, -0.05) is 17.7 Å². The number of hydrogen-bond donors (Lipinski definition) is 2. The standard InChI is InChI=1S/C15H18ClNO4/c16-13-9-11(17-14(18)19)1-2-12(13)10-3-5-15(6-4-10)20-7-8-21-15/h1-2,9-10,17H,3-8H2,(H,18,19). The SMILES string of the molecule is O=C(O)Nc1ccc(C2CCC3(CC2)OCCO3)c(Cl)c1. The first-order valence-electron chi connectivity index (χ1n) is 7.15. The molecule has 2 fully saturated rings. The van der Waals surface area contributed by atoms with E-state index in [0.717, 1.165) is 31.2 Å². The monoisotopic (exact) mass is 311 g/mol. The Labute approximate surface area is 128 Å². The average Bonchev–Trinajstić information content (AvgIpc) is 2.88. The average molecular weight is 312 g/mol. The van der Waals surface area contributed by atoms with Gasteiger partial charge in [0.15, 0.2) is 5.79 Å². The van der Waals surface area contributed by atoms with E-state index in [1.165, 1.54) is 0 Å². The highest BCUT2D eigenvalue weighted by molar-refractivity contribution is 6.31. The third-order valence-corrected chi connectivity index (χ3v) is 4.58. The lowest BCUT2D eigenvalue weighted by molar-refractivity contribution is -0.178. The van der Waals surface area contributed by atoms with Gasteiger partial charge in [0.25, 0.3) is 0 Å². The van der Waals surface area contributed by atoms with E-state index in [1.807, 2.05) is 6.07 Å². The summed E-state index contributed by atoms with van der Waals surface area (Å²) in [6, 6.07) is 5.33. The summed E-state index contributed by atoms with van der Waals surface area (Å²) in [7, 11) is 0. The molecule has 0 unspecified atom stereocenters. The van der Waals surface area contributed by atoms with Crippen molar-refractivity contribution in [1.82, 2.24) is 0 Å². The van der Waals surface area contributed by atoms with Crippen molar-refractivity contribution < 1.29 is 19.4 Å². The highest BCUT2D eigenvalue weighted by Gasteiger charge is 2.40. The van der Waals surface area contributed by atoms with Gasteiger partial charge in [-0.15, -0.1) is 0 Å². The summed E-state index contributed by atoms with van der Waals surface area (Å²) in [5.41, 5.74) is 1.56. The molecule has 1 aromatic carbocycles. The molecule has 2 aliphatic rings. The summed E-state index contributed by atoms with van der Waals surface area (Å²) >= 11 is 6.30. The molecule has 1 aromatic rings. The van der Waals surface area contributed by atoms with E-state index in [0.29, 0.717) is 29.8 Å². The minimum atomic E-state index is -1.09. The lowest BCUT2D eigenvalue weighted by Crippen LogP contribution is -2.34. The number of halogens is 1. The van der Waals surface area contributed by atoms with Crippen LogP contribution in [0.2, 0.25) is 5.02 Å². The summed E-state index contributed by atoms with van der Waals surface area (Å²) in [6.45, 7) is 1.36. The maximum Gasteiger partial charge on any atom is 0.409 e. The van der Waals surface area contributed by atoms with Gasteiger partial charge in [0.1, 0.15) is 0 Å². The number of benzene rings is 1. The second-order valence-corrected chi connectivity index (χ2v) is 5.96. The van der Waals surface area contributed by atoms with Crippen LogP contribution >= 0.6 is 11.6 Å². The molecule has 1 heterocycles. The number of hydrogen-bond acceptors (Lipinski definition) is 3. The Bertz CT molecular complexity index is 532. The molecular formula is C15H18ClNO4. The first-order valence-corrected chi connectivity index (χ1v) is 7.53. The van der Waals surface area contributed by atoms with Gasteiger partial charge < -0.3 is 14.6 Å². The fourth-order valence-corrected chi connectivity index (χ4v) is 3.55. The van der Waals surface area contributed by atoms with Crippen molar-refractivity contribution in [3.05, 3.63) is 28.8 Å². The van der Waals surface area contributed by atoms with E-state index in [4.69, 9.17) is 26.2 Å². The topological polar surface area (TPSA) is 67.8 Å². The highest BCUT2D eigenvalue weighted by Crippen LogP contribution is 2.44. The normalized spacial score (nSPS) is 21.6. The molecule has 1 aliphatic carbocycles. The number of carboxylic acid groups (broad SMARTS) is 1. The van der Waals surface area contributed by atoms with Crippen LogP contribution in [0.15, 0.2) is 18.2 Å². The van der Waals surface area contributed by atoms with Crippen LogP contribution in [0.25, 0.3) is 0 Å². The zero-order valence-corrected chi connectivity index (χ0v) is 12.4. The molecular weight excluding hydrogens is 294 g/mol. The number of anilines is 1. The quantitative estimate of drug-likeness (QED) is 0.871. The molecule has 1 amide bonds. The van der Waals surface area contributed by atoms with Gasteiger partial charge in [0, 0.05) is 23.6 Å². The van der Waals surface area contributed by atoms with Crippen LogP contribution in [0, 0.1) is 0 Å². The largest absolute Gasteiger partial charge is 0.465 e. The predicted octanol–water partition coefficient (Wildman–Crippen LogP) is 3.83. The lowest BCUT2D eigenvalue weighted by atomic mass is 9.81. The smallest absolute Gasteiger partial charge is 0.409 e. The fourth-order valence-electron chi connectivity index (χ4n) is 3.21. The maximum absolute atomic E-state index is 10.6. The highest BCUT2D eigenvalue weighted by atomic mass is 35.5. The summed E-state index contributed by atoms with van der Waals surface area (Å²) in [5.74, 6) is 0.00291. The molecule has 2 N–H and O–H groups in total. The van der Waals surface area contributed by atoms with E-state index >= 15 is 0 Å². The number of rotatable bonds is 2. The van der Waals surface area contributed by atoms with Crippen molar-refractivity contribution >= 4 is 23.4 Å². The molecule has 5 nitrogen and oxygen atoms in total. The second-order valence-electron chi connectivity index (χ2n) is 5.55. The van der Waals surface area contributed by atoms with Crippen molar-refractivity contribution in [1.29, 1.82) is 0 Å². The molecule has 0 bridgehead atoms. The molecule has 1 spiro atoms. The minimum absolute atomic E-state index is 0.367. The first kappa shape index (κ1) is 14.6. The zero-order chi connectivity index (χ0) is 14.9. The Balaban J connectivity index is 1.69. The van der Waals surface area contributed by atoms with Crippen LogP contribution in [0.1, 0.15) is 37.2 Å². The van der Waals surface area contributed by atoms with Crippen molar-refractivity contribution in [3.63, 3.8) is 0 Å². The molecule has 1 saturated heterocycles. The van der Waals surface area contributed by atoms with Gasteiger partial charge in [-0.3, -0.25) is 5.32 Å². The second kappa shape index (κ2) is 5.83. The van der Waals surface area contributed by atoms with Crippen molar-refractivity contribution in [2.24, 2.45) is 0 Å². The van der Waals surface area contributed by atoms with Crippen LogP contribution in [0.3, 0.4) is 0 Å². The molecule has 0 atom stereocenters. The van der Waals surface area contributed by atoms with Crippen molar-refractivity contribution in [2.45, 2.75) is 37.4 Å². The van der Waals surface area contributed by atoms with E-state index < -0.39 is 6.09 Å². The van der Waals surface area contributed by atoms with Gasteiger partial charge in [0.2, 0.25) is 0 Å². The van der Waals surface area contributed by atoms with Crippen molar-refractivity contribution in [2.75, 3.05) is 18.5 Å². The zero-order valence-electron chi connectivity index (χ0n) is 11.6. The Morgan fingerprint density at radius 3 is 2.52 bits per heavy atom. The Morgan fingerprint density at radius 1 is 1.29 bits per heavy atom. The first-order chi connectivity index (χ1) is 10.1. The summed E-state index contributed by atoms with van der Waals surface area (Å²) in [5, 5.41) is 11.6. The third-order valence-electron chi connectivity index (χ3n) is 4.25.